The van der Waals surface area contributed by atoms with Crippen LogP contribution in [-0.2, 0) is 15.9 Å². The van der Waals surface area contributed by atoms with E-state index in [1.165, 1.54) is 0 Å². The van der Waals surface area contributed by atoms with Gasteiger partial charge in [-0.25, -0.2) is 9.40 Å². The zero-order valence-corrected chi connectivity index (χ0v) is 15.1. The second-order valence-electron chi connectivity index (χ2n) is 5.26. The molecule has 1 heterocycles. The van der Waals surface area contributed by atoms with Gasteiger partial charge in [0.05, 0.1) is 5.88 Å². The van der Waals surface area contributed by atoms with Crippen molar-refractivity contribution in [3.63, 3.8) is 0 Å². The summed E-state index contributed by atoms with van der Waals surface area (Å²) in [6, 6.07) is 1.79. The Labute approximate surface area is 158 Å². The number of amidine groups is 1. The molecule has 0 bridgehead atoms. The van der Waals surface area contributed by atoms with Crippen LogP contribution >= 0.6 is 12.2 Å². The zero-order valence-electron chi connectivity index (χ0n) is 13.5. The molecule has 2 atom stereocenters. The van der Waals surface area contributed by atoms with Gasteiger partial charge in [0, 0.05) is 18.3 Å². The second-order valence-corrected chi connectivity index (χ2v) is 6.60. The number of likely N-dealkylation sites (N-methyl/N-ethyl adjacent to an activating group) is 1. The molecule has 0 saturated heterocycles. The minimum Gasteiger partial charge on any atom is -0.771 e. The summed E-state index contributed by atoms with van der Waals surface area (Å²) in [6.45, 7) is 0. The molecule has 0 radical (unpaired) electrons. The van der Waals surface area contributed by atoms with Crippen LogP contribution in [0.1, 0.15) is 5.56 Å². The molecule has 0 amide bonds. The van der Waals surface area contributed by atoms with Gasteiger partial charge in [0.25, 0.3) is 0 Å². The van der Waals surface area contributed by atoms with E-state index in [0.717, 1.165) is 19.2 Å². The molecule has 2 unspecified atom stereocenters. The van der Waals surface area contributed by atoms with Crippen molar-refractivity contribution in [3.05, 3.63) is 23.5 Å². The first kappa shape index (κ1) is 21.0. The van der Waals surface area contributed by atoms with Crippen LogP contribution in [-0.4, -0.2) is 56.0 Å². The van der Waals surface area contributed by atoms with E-state index in [9.17, 15) is 31.1 Å². The molecule has 1 aliphatic heterocycles. The summed E-state index contributed by atoms with van der Waals surface area (Å²) in [5.41, 5.74) is 4.85. The number of aldehydes is 1. The molecule has 2 rings (SSSR count). The third-order valence-electron chi connectivity index (χ3n) is 3.54. The Hall–Kier alpha value is -2.32. The van der Waals surface area contributed by atoms with Crippen LogP contribution in [0.4, 0.5) is 28.9 Å². The summed E-state index contributed by atoms with van der Waals surface area (Å²) in [5.74, 6) is -3.04. The molecular formula is C13H12F4N5O3S2-. The number of halogens is 4. The lowest BCUT2D eigenvalue weighted by Crippen LogP contribution is -2.44. The fourth-order valence-electron chi connectivity index (χ4n) is 2.35. The van der Waals surface area contributed by atoms with Gasteiger partial charge in [-0.3, -0.25) is 9.00 Å². The third kappa shape index (κ3) is 4.33. The summed E-state index contributed by atoms with van der Waals surface area (Å²) in [5, 5.41) is 6.26. The van der Waals surface area contributed by atoms with Crippen LogP contribution in [0.5, 0.6) is 0 Å². The number of alkyl halides is 3. The second kappa shape index (κ2) is 7.74. The predicted molar refractivity (Wildman–Crippen MR) is 93.3 cm³/mol. The van der Waals surface area contributed by atoms with E-state index < -0.39 is 46.6 Å². The third-order valence-corrected chi connectivity index (χ3v) is 4.14. The molecule has 8 nitrogen and oxygen atoms in total. The van der Waals surface area contributed by atoms with Crippen molar-refractivity contribution in [2.45, 2.75) is 12.3 Å². The summed E-state index contributed by atoms with van der Waals surface area (Å²) < 4.78 is 75.1. The van der Waals surface area contributed by atoms with Gasteiger partial charge in [-0.2, -0.15) is 13.2 Å². The van der Waals surface area contributed by atoms with Crippen LogP contribution in [0, 0.1) is 5.82 Å². The predicted octanol–water partition coefficient (Wildman–Crippen LogP) is 0.861. The molecule has 0 spiro atoms. The lowest BCUT2D eigenvalue weighted by atomic mass is 10.1. The van der Waals surface area contributed by atoms with Crippen LogP contribution in [0.15, 0.2) is 17.2 Å². The molecule has 148 valence electrons. The molecule has 0 aromatic heterocycles. The highest BCUT2D eigenvalue weighted by Crippen LogP contribution is 2.34. The van der Waals surface area contributed by atoms with Gasteiger partial charge < -0.3 is 20.5 Å². The maximum Gasteiger partial charge on any atom is 0.451 e. The van der Waals surface area contributed by atoms with Crippen molar-refractivity contribution < 1.29 is 31.1 Å². The number of carbonyl (C=O) groups is 1. The topological polar surface area (TPSA) is 114 Å². The van der Waals surface area contributed by atoms with Gasteiger partial charge in [0.15, 0.2) is 12.5 Å². The van der Waals surface area contributed by atoms with E-state index in [1.54, 1.807) is 0 Å². The average Bonchev–Trinajstić information content (AvgIpc) is 2.89. The van der Waals surface area contributed by atoms with Crippen LogP contribution in [0.2, 0.25) is 0 Å². The van der Waals surface area contributed by atoms with Crippen molar-refractivity contribution in [2.75, 3.05) is 23.3 Å². The number of nitrogens with zero attached hydrogens (tertiary/aromatic N) is 3. The Bertz CT molecular complexity index is 833. The van der Waals surface area contributed by atoms with Crippen molar-refractivity contribution in [3.8, 4) is 0 Å². The summed E-state index contributed by atoms with van der Waals surface area (Å²) in [6.07, 6.45) is -6.28. The highest BCUT2D eigenvalue weighted by Gasteiger charge is 2.47. The molecule has 1 aromatic rings. The van der Waals surface area contributed by atoms with Crippen molar-refractivity contribution in [2.24, 2.45) is 10.8 Å². The first-order valence-corrected chi connectivity index (χ1v) is 8.68. The largest absolute Gasteiger partial charge is 0.771 e. The van der Waals surface area contributed by atoms with Crippen LogP contribution in [0.3, 0.4) is 0 Å². The number of hydrogen-bond acceptors (Lipinski definition) is 8. The number of carbonyl (C=O) groups excluding carboxylic acids is 1. The van der Waals surface area contributed by atoms with Gasteiger partial charge in [0.2, 0.25) is 5.84 Å². The van der Waals surface area contributed by atoms with Crippen molar-refractivity contribution in [1.29, 1.82) is 0 Å². The van der Waals surface area contributed by atoms with E-state index >= 15 is 0 Å². The highest BCUT2D eigenvalue weighted by atomic mass is 32.2. The summed E-state index contributed by atoms with van der Waals surface area (Å²) in [4.78, 5) is 11.5. The monoisotopic (exact) mass is 426 g/mol. The SMILES string of the molecule is CN1C(C(F)(F)F)=NN(c2cc(NCS(=O)[O-])c(C(N)=S)cc2F)C1C=O. The lowest BCUT2D eigenvalue weighted by Gasteiger charge is -2.25. The first-order chi connectivity index (χ1) is 12.5. The molecule has 14 heteroatoms. The quantitative estimate of drug-likeness (QED) is 0.298. The molecule has 1 aromatic carbocycles. The minimum absolute atomic E-state index is 0.0499. The van der Waals surface area contributed by atoms with Gasteiger partial charge in [-0.05, 0) is 23.2 Å². The number of nitrogens with one attached hydrogen (secondary N) is 1. The standard InChI is InChI=1S/C13H13F4N5O3S2/c1-21-10(4-23)22(20-12(21)13(15,16)17)9-3-8(19-5-27(24)25)6(11(18)26)2-7(9)14/h2-4,10,19H,5H2,1H3,(H2,18,26)(H,24,25)/p-1. The van der Waals surface area contributed by atoms with Crippen molar-refractivity contribution in [1.82, 2.24) is 4.90 Å². The van der Waals surface area contributed by atoms with Gasteiger partial charge in [-0.1, -0.05) is 12.2 Å². The number of nitrogens with two attached hydrogens (primary N) is 1. The zero-order chi connectivity index (χ0) is 20.5. The minimum atomic E-state index is -4.87. The maximum atomic E-state index is 14.5. The molecule has 0 aliphatic carbocycles. The Kier molecular flexibility index (Phi) is 6.01. The first-order valence-electron chi connectivity index (χ1n) is 7.03. The number of hydrogen-bond donors (Lipinski definition) is 2. The number of rotatable bonds is 6. The van der Waals surface area contributed by atoms with E-state index in [-0.39, 0.29) is 22.5 Å². The van der Waals surface area contributed by atoms with Crippen molar-refractivity contribution >= 4 is 51.8 Å². The van der Waals surface area contributed by atoms with Gasteiger partial charge in [-0.15, -0.1) is 5.10 Å². The molecule has 0 saturated carbocycles. The molecule has 3 N–H and O–H groups in total. The van der Waals surface area contributed by atoms with E-state index in [1.807, 2.05) is 0 Å². The molecule has 27 heavy (non-hydrogen) atoms. The number of benzene rings is 1. The Morgan fingerprint density at radius 1 is 1.52 bits per heavy atom. The van der Waals surface area contributed by atoms with Gasteiger partial charge in [0.1, 0.15) is 16.5 Å². The normalized spacial score (nSPS) is 18.3. The molecule has 1 aliphatic rings. The number of thiocarbonyl (C=S) groups is 1. The maximum absolute atomic E-state index is 14.5. The summed E-state index contributed by atoms with van der Waals surface area (Å²) >= 11 is 2.24. The Balaban J connectivity index is 2.57. The smallest absolute Gasteiger partial charge is 0.451 e. The Morgan fingerprint density at radius 3 is 2.63 bits per heavy atom. The van der Waals surface area contributed by atoms with E-state index in [0.29, 0.717) is 9.91 Å². The number of hydrazone groups is 1. The average molecular weight is 426 g/mol. The number of anilines is 2. The van der Waals surface area contributed by atoms with Crippen LogP contribution < -0.4 is 16.1 Å². The lowest BCUT2D eigenvalue weighted by molar-refractivity contribution is -0.111. The fourth-order valence-corrected chi connectivity index (χ4v) is 2.79. The summed E-state index contributed by atoms with van der Waals surface area (Å²) in [7, 11) is 0.979. The van der Waals surface area contributed by atoms with Crippen LogP contribution in [0.25, 0.3) is 0 Å². The molecule has 0 fully saturated rings. The van der Waals surface area contributed by atoms with Gasteiger partial charge >= 0.3 is 6.18 Å². The highest BCUT2D eigenvalue weighted by molar-refractivity contribution is 7.80. The van der Waals surface area contributed by atoms with E-state index in [2.05, 4.69) is 10.4 Å². The molecular weight excluding hydrogens is 414 g/mol. The fraction of sp³-hybridized carbons (Fsp3) is 0.308. The Morgan fingerprint density at radius 2 is 2.15 bits per heavy atom. The van der Waals surface area contributed by atoms with E-state index in [4.69, 9.17) is 18.0 Å².